The first-order valence-corrected chi connectivity index (χ1v) is 5.11. The molecule has 1 saturated carbocycles. The Morgan fingerprint density at radius 3 is 1.70 bits per heavy atom. The number of halogens is 3. The molecule has 0 heterocycles. The summed E-state index contributed by atoms with van der Waals surface area (Å²) in [6, 6.07) is 0. The molecular formula is C6H11F3P+. The van der Waals surface area contributed by atoms with E-state index in [1.165, 1.54) is 0 Å². The lowest BCUT2D eigenvalue weighted by Gasteiger charge is -2.15. The summed E-state index contributed by atoms with van der Waals surface area (Å²) in [7, 11) is -4.99. The zero-order chi connectivity index (χ0) is 7.61. The third kappa shape index (κ3) is 2.12. The van der Waals surface area contributed by atoms with Crippen LogP contribution in [0.25, 0.3) is 0 Å². The summed E-state index contributed by atoms with van der Waals surface area (Å²) in [5.41, 5.74) is -0.888. The number of hydrogen-bond acceptors (Lipinski definition) is 0. The van der Waals surface area contributed by atoms with Gasteiger partial charge in [-0.15, -0.1) is 0 Å². The summed E-state index contributed by atoms with van der Waals surface area (Å²) in [5, 5.41) is 0. The van der Waals surface area contributed by atoms with Crippen molar-refractivity contribution in [3.05, 3.63) is 0 Å². The highest BCUT2D eigenvalue weighted by atomic mass is 31.3. The highest BCUT2D eigenvalue weighted by molar-refractivity contribution is 7.61. The summed E-state index contributed by atoms with van der Waals surface area (Å²) in [6.07, 6.45) is 3.36. The van der Waals surface area contributed by atoms with Crippen LogP contribution in [0.15, 0.2) is 0 Å². The molecule has 10 heavy (non-hydrogen) atoms. The molecule has 0 nitrogen and oxygen atoms in total. The van der Waals surface area contributed by atoms with Crippen LogP contribution in [0.5, 0.6) is 0 Å². The van der Waals surface area contributed by atoms with E-state index in [0.29, 0.717) is 12.8 Å². The maximum absolute atomic E-state index is 12.1. The van der Waals surface area contributed by atoms with Crippen molar-refractivity contribution in [1.29, 1.82) is 0 Å². The lowest BCUT2D eigenvalue weighted by atomic mass is 10.0. The Morgan fingerprint density at radius 2 is 1.40 bits per heavy atom. The van der Waals surface area contributed by atoms with E-state index in [0.717, 1.165) is 19.3 Å². The van der Waals surface area contributed by atoms with Crippen LogP contribution < -0.4 is 0 Å². The van der Waals surface area contributed by atoms with Crippen LogP contribution in [-0.4, -0.2) is 5.66 Å². The van der Waals surface area contributed by atoms with E-state index in [-0.39, 0.29) is 0 Å². The molecule has 4 heteroatoms. The van der Waals surface area contributed by atoms with Gasteiger partial charge in [0.15, 0.2) is 5.66 Å². The molecule has 1 rings (SSSR count). The quantitative estimate of drug-likeness (QED) is 0.523. The largest absolute Gasteiger partial charge is 0.572 e. The molecule has 0 radical (unpaired) electrons. The standard InChI is InChI=1S/C6H11F3P/c7-10(8,9)6-4-2-1-3-5-6/h6H,1-5H2/q+1. The number of hydrogen-bond donors (Lipinski definition) is 0. The maximum atomic E-state index is 12.1. The second-order valence-electron chi connectivity index (χ2n) is 2.78. The van der Waals surface area contributed by atoms with E-state index in [9.17, 15) is 12.6 Å². The highest BCUT2D eigenvalue weighted by Crippen LogP contribution is 2.71. The molecule has 1 aliphatic carbocycles. The second kappa shape index (κ2) is 3.08. The first kappa shape index (κ1) is 8.32. The van der Waals surface area contributed by atoms with Crippen LogP contribution in [-0.2, 0) is 0 Å². The predicted molar refractivity (Wildman–Crippen MR) is 37.1 cm³/mol. The van der Waals surface area contributed by atoms with Crippen molar-refractivity contribution in [2.75, 3.05) is 0 Å². The highest BCUT2D eigenvalue weighted by Gasteiger charge is 2.52. The van der Waals surface area contributed by atoms with Crippen LogP contribution in [0.4, 0.5) is 12.6 Å². The molecule has 60 valence electrons. The topological polar surface area (TPSA) is 0 Å². The Hall–Kier alpha value is 0.220. The van der Waals surface area contributed by atoms with Crippen molar-refractivity contribution in [3.8, 4) is 0 Å². The van der Waals surface area contributed by atoms with Gasteiger partial charge >= 0.3 is 8.19 Å². The average molecular weight is 171 g/mol. The van der Waals surface area contributed by atoms with Gasteiger partial charge in [0.25, 0.3) is 0 Å². The van der Waals surface area contributed by atoms with E-state index in [2.05, 4.69) is 0 Å². The molecule has 0 unspecified atom stereocenters. The average Bonchev–Trinajstić information content (AvgIpc) is 1.88. The molecule has 1 fully saturated rings. The van der Waals surface area contributed by atoms with Crippen molar-refractivity contribution in [1.82, 2.24) is 0 Å². The van der Waals surface area contributed by atoms with Gasteiger partial charge in [-0.1, -0.05) is 6.42 Å². The molecule has 0 aromatic rings. The van der Waals surface area contributed by atoms with Crippen molar-refractivity contribution >= 4 is 8.19 Å². The van der Waals surface area contributed by atoms with Gasteiger partial charge in [0.2, 0.25) is 0 Å². The van der Waals surface area contributed by atoms with E-state index in [1.807, 2.05) is 0 Å². The van der Waals surface area contributed by atoms with Crippen LogP contribution in [0.1, 0.15) is 32.1 Å². The minimum Gasteiger partial charge on any atom is -0.0530 e. The summed E-state index contributed by atoms with van der Waals surface area (Å²) in [4.78, 5) is 0. The van der Waals surface area contributed by atoms with Crippen LogP contribution in [0.2, 0.25) is 0 Å². The molecular weight excluding hydrogens is 160 g/mol. The minimum atomic E-state index is -4.99. The Bertz CT molecular complexity index is 104. The predicted octanol–water partition coefficient (Wildman–Crippen LogP) is 3.99. The summed E-state index contributed by atoms with van der Waals surface area (Å²) >= 11 is 0. The Morgan fingerprint density at radius 1 is 0.900 bits per heavy atom. The van der Waals surface area contributed by atoms with Gasteiger partial charge in [-0.25, -0.2) is 0 Å². The van der Waals surface area contributed by atoms with Crippen molar-refractivity contribution in [3.63, 3.8) is 0 Å². The Kier molecular flexibility index (Phi) is 2.56. The first-order chi connectivity index (χ1) is 4.61. The monoisotopic (exact) mass is 171 g/mol. The molecule has 0 saturated heterocycles. The summed E-state index contributed by atoms with van der Waals surface area (Å²) < 4.78 is 36.2. The minimum absolute atomic E-state index is 0.400. The summed E-state index contributed by atoms with van der Waals surface area (Å²) in [5.74, 6) is 0. The van der Waals surface area contributed by atoms with Gasteiger partial charge in [0.1, 0.15) is 0 Å². The molecule has 0 aliphatic heterocycles. The van der Waals surface area contributed by atoms with Crippen molar-refractivity contribution in [2.24, 2.45) is 0 Å². The van der Waals surface area contributed by atoms with Crippen molar-refractivity contribution < 1.29 is 12.6 Å². The van der Waals surface area contributed by atoms with Gasteiger partial charge in [-0.3, -0.25) is 0 Å². The third-order valence-electron chi connectivity index (χ3n) is 1.99. The zero-order valence-electron chi connectivity index (χ0n) is 5.69. The molecule has 0 spiro atoms. The second-order valence-corrected chi connectivity index (χ2v) is 4.48. The zero-order valence-corrected chi connectivity index (χ0v) is 6.59. The lowest BCUT2D eigenvalue weighted by Crippen LogP contribution is -2.10. The van der Waals surface area contributed by atoms with Gasteiger partial charge in [-0.2, -0.15) is 0 Å². The Balaban J connectivity index is 2.39. The van der Waals surface area contributed by atoms with Crippen LogP contribution in [0, 0.1) is 0 Å². The lowest BCUT2D eigenvalue weighted by molar-refractivity contribution is 0.449. The van der Waals surface area contributed by atoms with Gasteiger partial charge in [0.05, 0.1) is 0 Å². The normalized spacial score (nSPS) is 23.1. The maximum Gasteiger partial charge on any atom is 0.572 e. The third-order valence-corrected chi connectivity index (χ3v) is 3.33. The molecule has 0 aromatic carbocycles. The van der Waals surface area contributed by atoms with Gasteiger partial charge in [0, 0.05) is 12.6 Å². The first-order valence-electron chi connectivity index (χ1n) is 3.58. The van der Waals surface area contributed by atoms with E-state index in [1.54, 1.807) is 0 Å². The smallest absolute Gasteiger partial charge is 0.0530 e. The fourth-order valence-corrected chi connectivity index (χ4v) is 2.32. The fraction of sp³-hybridized carbons (Fsp3) is 1.00. The fourth-order valence-electron chi connectivity index (χ4n) is 1.37. The Labute approximate surface area is 59.5 Å². The molecule has 0 N–H and O–H groups in total. The van der Waals surface area contributed by atoms with E-state index >= 15 is 0 Å². The number of rotatable bonds is 1. The molecule has 0 atom stereocenters. The van der Waals surface area contributed by atoms with Gasteiger partial charge in [-0.05, 0) is 25.7 Å². The van der Waals surface area contributed by atoms with Crippen LogP contribution in [0.3, 0.4) is 0 Å². The SMILES string of the molecule is F[P+](F)(F)C1CCCCC1. The van der Waals surface area contributed by atoms with Crippen LogP contribution >= 0.6 is 8.19 Å². The van der Waals surface area contributed by atoms with Crippen molar-refractivity contribution in [2.45, 2.75) is 37.8 Å². The molecule has 0 aromatic heterocycles. The van der Waals surface area contributed by atoms with E-state index < -0.39 is 13.9 Å². The van der Waals surface area contributed by atoms with E-state index in [4.69, 9.17) is 0 Å². The molecule has 0 amide bonds. The summed E-state index contributed by atoms with van der Waals surface area (Å²) in [6.45, 7) is 0. The molecule has 1 aliphatic rings. The molecule has 0 bridgehead atoms. The van der Waals surface area contributed by atoms with Gasteiger partial charge < -0.3 is 0 Å².